The van der Waals surface area contributed by atoms with E-state index in [2.05, 4.69) is 0 Å². The molecule has 92 valence electrons. The van der Waals surface area contributed by atoms with Gasteiger partial charge in [0.25, 0.3) is 0 Å². The number of benzene rings is 1. The maximum absolute atomic E-state index is 12.2. The van der Waals surface area contributed by atoms with Crippen LogP contribution in [0.15, 0.2) is 24.3 Å². The molecule has 4 N–H and O–H groups in total. The van der Waals surface area contributed by atoms with E-state index < -0.39 is 23.8 Å². The summed E-state index contributed by atoms with van der Waals surface area (Å²) in [4.78, 5) is 22.1. The van der Waals surface area contributed by atoms with Crippen molar-refractivity contribution in [2.45, 2.75) is 6.18 Å². The Balaban J connectivity index is 3.09. The molecule has 0 atom stereocenters. The third-order valence-electron chi connectivity index (χ3n) is 1.89. The number of nitrogens with two attached hydrogens (primary N) is 2. The Hall–Kier alpha value is -2.25. The molecule has 5 nitrogen and oxygen atoms in total. The SMILES string of the molecule is NC(=O)N(C(N)=O)c1ccc(C(F)(F)F)cc1. The van der Waals surface area contributed by atoms with Gasteiger partial charge in [-0.05, 0) is 24.3 Å². The van der Waals surface area contributed by atoms with Crippen molar-refractivity contribution in [2.24, 2.45) is 11.5 Å². The summed E-state index contributed by atoms with van der Waals surface area (Å²) >= 11 is 0. The van der Waals surface area contributed by atoms with E-state index in [0.29, 0.717) is 17.0 Å². The van der Waals surface area contributed by atoms with Crippen LogP contribution in [0.2, 0.25) is 0 Å². The zero-order valence-corrected chi connectivity index (χ0v) is 8.36. The molecule has 0 spiro atoms. The molecule has 0 aromatic heterocycles. The van der Waals surface area contributed by atoms with Gasteiger partial charge in [0.15, 0.2) is 0 Å². The van der Waals surface area contributed by atoms with E-state index in [1.54, 1.807) is 0 Å². The number of hydrogen-bond acceptors (Lipinski definition) is 2. The summed E-state index contributed by atoms with van der Waals surface area (Å²) in [6.07, 6.45) is -4.50. The Kier molecular flexibility index (Phi) is 3.26. The highest BCUT2D eigenvalue weighted by atomic mass is 19.4. The van der Waals surface area contributed by atoms with Crippen molar-refractivity contribution in [1.29, 1.82) is 0 Å². The highest BCUT2D eigenvalue weighted by Crippen LogP contribution is 2.30. The number of urea groups is 2. The number of primary amides is 2. The second-order valence-electron chi connectivity index (χ2n) is 3.06. The minimum atomic E-state index is -4.50. The Labute approximate surface area is 93.8 Å². The van der Waals surface area contributed by atoms with Crippen molar-refractivity contribution in [2.75, 3.05) is 4.90 Å². The fourth-order valence-electron chi connectivity index (χ4n) is 1.16. The second-order valence-corrected chi connectivity index (χ2v) is 3.06. The van der Waals surface area contributed by atoms with Gasteiger partial charge in [-0.25, -0.2) is 14.5 Å². The smallest absolute Gasteiger partial charge is 0.351 e. The van der Waals surface area contributed by atoms with Crippen LogP contribution < -0.4 is 16.4 Å². The maximum atomic E-state index is 12.2. The number of imide groups is 1. The fraction of sp³-hybridized carbons (Fsp3) is 0.111. The molecule has 0 radical (unpaired) electrons. The molecule has 0 unspecified atom stereocenters. The molecule has 1 aromatic carbocycles. The number of hydrogen-bond donors (Lipinski definition) is 2. The summed E-state index contributed by atoms with van der Waals surface area (Å²) in [5.74, 6) is 0. The summed E-state index contributed by atoms with van der Waals surface area (Å²) in [6.45, 7) is 0. The number of carbonyl (C=O) groups is 2. The number of carbonyl (C=O) groups excluding carboxylic acids is 2. The molecule has 1 rings (SSSR count). The van der Waals surface area contributed by atoms with Crippen molar-refractivity contribution >= 4 is 17.7 Å². The molecule has 0 bridgehead atoms. The van der Waals surface area contributed by atoms with Gasteiger partial charge in [0.1, 0.15) is 0 Å². The van der Waals surface area contributed by atoms with E-state index in [4.69, 9.17) is 11.5 Å². The van der Waals surface area contributed by atoms with E-state index in [1.165, 1.54) is 0 Å². The molecular weight excluding hydrogens is 239 g/mol. The number of anilines is 1. The molecule has 0 aliphatic heterocycles. The first kappa shape index (κ1) is 12.8. The summed E-state index contributed by atoms with van der Waals surface area (Å²) in [6, 6.07) is 0.952. The third kappa shape index (κ3) is 2.86. The number of rotatable bonds is 1. The molecule has 0 aliphatic rings. The number of amides is 4. The summed E-state index contributed by atoms with van der Waals surface area (Å²) in [7, 11) is 0. The average Bonchev–Trinajstić information content (AvgIpc) is 2.15. The lowest BCUT2D eigenvalue weighted by Crippen LogP contribution is -2.44. The molecule has 0 heterocycles. The van der Waals surface area contributed by atoms with E-state index in [9.17, 15) is 22.8 Å². The van der Waals surface area contributed by atoms with Gasteiger partial charge in [0.05, 0.1) is 11.3 Å². The van der Waals surface area contributed by atoms with Crippen molar-refractivity contribution in [1.82, 2.24) is 0 Å². The number of nitrogens with zero attached hydrogens (tertiary/aromatic N) is 1. The average molecular weight is 247 g/mol. The first-order chi connectivity index (χ1) is 7.73. The lowest BCUT2D eigenvalue weighted by atomic mass is 10.2. The van der Waals surface area contributed by atoms with Crippen LogP contribution in [-0.4, -0.2) is 12.1 Å². The van der Waals surface area contributed by atoms with Crippen molar-refractivity contribution in [3.8, 4) is 0 Å². The second kappa shape index (κ2) is 4.32. The largest absolute Gasteiger partial charge is 0.416 e. The minimum absolute atomic E-state index is 0.127. The Morgan fingerprint density at radius 3 is 1.71 bits per heavy atom. The molecule has 0 aliphatic carbocycles. The van der Waals surface area contributed by atoms with Crippen LogP contribution in [0.25, 0.3) is 0 Å². The highest BCUT2D eigenvalue weighted by molar-refractivity contribution is 6.12. The lowest BCUT2D eigenvalue weighted by Gasteiger charge is -2.16. The highest BCUT2D eigenvalue weighted by Gasteiger charge is 2.30. The van der Waals surface area contributed by atoms with E-state index in [-0.39, 0.29) is 5.69 Å². The van der Waals surface area contributed by atoms with Crippen LogP contribution in [0.5, 0.6) is 0 Å². The molecule has 1 aromatic rings. The third-order valence-corrected chi connectivity index (χ3v) is 1.89. The predicted octanol–water partition coefficient (Wildman–Crippen LogP) is 1.67. The van der Waals surface area contributed by atoms with Crippen molar-refractivity contribution < 1.29 is 22.8 Å². The van der Waals surface area contributed by atoms with Crippen LogP contribution >= 0.6 is 0 Å². The monoisotopic (exact) mass is 247 g/mol. The van der Waals surface area contributed by atoms with Gasteiger partial charge in [0, 0.05) is 0 Å². The molecule has 0 fully saturated rings. The van der Waals surface area contributed by atoms with Gasteiger partial charge < -0.3 is 11.5 Å². The summed E-state index contributed by atoms with van der Waals surface area (Å²) in [5.41, 5.74) is 8.68. The van der Waals surface area contributed by atoms with Crippen LogP contribution in [0.1, 0.15) is 5.56 Å². The predicted molar refractivity (Wildman–Crippen MR) is 53.1 cm³/mol. The molecular formula is C9H8F3N3O2. The topological polar surface area (TPSA) is 89.4 Å². The molecule has 17 heavy (non-hydrogen) atoms. The Morgan fingerprint density at radius 1 is 1.00 bits per heavy atom. The fourth-order valence-corrected chi connectivity index (χ4v) is 1.16. The molecule has 0 saturated carbocycles. The van der Waals surface area contributed by atoms with E-state index in [1.807, 2.05) is 0 Å². The van der Waals surface area contributed by atoms with Crippen LogP contribution in [0.3, 0.4) is 0 Å². The number of alkyl halides is 3. The van der Waals surface area contributed by atoms with Crippen LogP contribution in [-0.2, 0) is 6.18 Å². The first-order valence-corrected chi connectivity index (χ1v) is 4.29. The number of halogens is 3. The van der Waals surface area contributed by atoms with E-state index >= 15 is 0 Å². The summed E-state index contributed by atoms with van der Waals surface area (Å²) < 4.78 is 36.7. The van der Waals surface area contributed by atoms with Crippen molar-refractivity contribution in [3.63, 3.8) is 0 Å². The van der Waals surface area contributed by atoms with Gasteiger partial charge >= 0.3 is 18.2 Å². The summed E-state index contributed by atoms with van der Waals surface area (Å²) in [5, 5.41) is 0. The lowest BCUT2D eigenvalue weighted by molar-refractivity contribution is -0.137. The normalized spacial score (nSPS) is 11.0. The van der Waals surface area contributed by atoms with Crippen molar-refractivity contribution in [3.05, 3.63) is 29.8 Å². The maximum Gasteiger partial charge on any atom is 0.416 e. The first-order valence-electron chi connectivity index (χ1n) is 4.29. The van der Waals surface area contributed by atoms with Gasteiger partial charge in [-0.15, -0.1) is 0 Å². The van der Waals surface area contributed by atoms with Gasteiger partial charge in [0.2, 0.25) is 0 Å². The standard InChI is InChI=1S/C9H8F3N3O2/c10-9(11,12)5-1-3-6(4-2-5)15(7(13)16)8(14)17/h1-4H,(H2,13,16)(H2,14,17). The van der Waals surface area contributed by atoms with Gasteiger partial charge in [-0.3, -0.25) is 0 Å². The Bertz CT molecular complexity index is 428. The van der Waals surface area contributed by atoms with Crippen LogP contribution in [0.4, 0.5) is 28.4 Å². The molecule has 8 heteroatoms. The zero-order valence-electron chi connectivity index (χ0n) is 8.36. The zero-order chi connectivity index (χ0) is 13.2. The Morgan fingerprint density at radius 2 is 1.41 bits per heavy atom. The minimum Gasteiger partial charge on any atom is -0.351 e. The van der Waals surface area contributed by atoms with Crippen LogP contribution in [0, 0.1) is 0 Å². The molecule has 4 amide bonds. The molecule has 0 saturated heterocycles. The van der Waals surface area contributed by atoms with Gasteiger partial charge in [-0.1, -0.05) is 0 Å². The van der Waals surface area contributed by atoms with Gasteiger partial charge in [-0.2, -0.15) is 13.2 Å². The van der Waals surface area contributed by atoms with E-state index in [0.717, 1.165) is 12.1 Å². The quantitative estimate of drug-likeness (QED) is 0.790.